The van der Waals surface area contributed by atoms with Crippen LogP contribution in [-0.2, 0) is 16.4 Å². The Kier molecular flexibility index (Phi) is 4.10. The summed E-state index contributed by atoms with van der Waals surface area (Å²) in [6, 6.07) is 10.8. The molecule has 0 spiro atoms. The number of aromatic hydroxyl groups is 1. The van der Waals surface area contributed by atoms with E-state index in [-0.39, 0.29) is 22.8 Å². The molecule has 2 rings (SSSR count). The number of hydrogen-bond acceptors (Lipinski definition) is 4. The lowest BCUT2D eigenvalue weighted by atomic mass is 10.2. The maximum absolute atomic E-state index is 13.5. The molecule has 0 atom stereocenters. The van der Waals surface area contributed by atoms with Crippen LogP contribution < -0.4 is 4.72 Å². The van der Waals surface area contributed by atoms with Crippen LogP contribution in [-0.4, -0.2) is 13.5 Å². The predicted molar refractivity (Wildman–Crippen MR) is 74.6 cm³/mol. The summed E-state index contributed by atoms with van der Waals surface area (Å²) < 4.78 is 39.8. The number of nitrogens with one attached hydrogen (secondary N) is 1. The van der Waals surface area contributed by atoms with Gasteiger partial charge in [-0.2, -0.15) is 5.26 Å². The Hall–Kier alpha value is -2.59. The van der Waals surface area contributed by atoms with Crippen molar-refractivity contribution >= 4 is 15.7 Å². The predicted octanol–water partition coefficient (Wildman–Crippen LogP) is 2.40. The molecule has 0 unspecified atom stereocenters. The average molecular weight is 306 g/mol. The summed E-state index contributed by atoms with van der Waals surface area (Å²) in [5, 5.41) is 17.6. The van der Waals surface area contributed by atoms with Crippen LogP contribution in [0, 0.1) is 17.1 Å². The van der Waals surface area contributed by atoms with Gasteiger partial charge in [-0.1, -0.05) is 12.1 Å². The zero-order valence-electron chi connectivity index (χ0n) is 10.7. The first-order valence-corrected chi connectivity index (χ1v) is 7.38. The van der Waals surface area contributed by atoms with Crippen molar-refractivity contribution in [3.63, 3.8) is 0 Å². The minimum Gasteiger partial charge on any atom is -0.508 e. The number of benzene rings is 2. The van der Waals surface area contributed by atoms with Gasteiger partial charge in [-0.25, -0.2) is 12.8 Å². The lowest BCUT2D eigenvalue weighted by Gasteiger charge is -2.09. The first-order valence-electron chi connectivity index (χ1n) is 5.89. The van der Waals surface area contributed by atoms with Crippen molar-refractivity contribution in [1.29, 1.82) is 5.26 Å². The third-order valence-corrected chi connectivity index (χ3v) is 4.10. The van der Waals surface area contributed by atoms with Gasteiger partial charge in [0.15, 0.2) is 5.82 Å². The van der Waals surface area contributed by atoms with Crippen molar-refractivity contribution in [2.45, 2.75) is 11.3 Å². The van der Waals surface area contributed by atoms with Crippen molar-refractivity contribution < 1.29 is 17.9 Å². The van der Waals surface area contributed by atoms with E-state index in [1.54, 1.807) is 0 Å². The van der Waals surface area contributed by atoms with E-state index in [1.807, 2.05) is 6.07 Å². The van der Waals surface area contributed by atoms with Gasteiger partial charge in [-0.05, 0) is 29.8 Å². The fourth-order valence-electron chi connectivity index (χ4n) is 1.67. The molecule has 0 aliphatic rings. The second-order valence-electron chi connectivity index (χ2n) is 4.25. The van der Waals surface area contributed by atoms with Gasteiger partial charge < -0.3 is 5.11 Å². The molecule has 2 N–H and O–H groups in total. The number of nitriles is 1. The zero-order chi connectivity index (χ0) is 15.5. The molecule has 2 aromatic rings. The molecular weight excluding hydrogens is 295 g/mol. The highest BCUT2D eigenvalue weighted by atomic mass is 32.2. The molecule has 0 heterocycles. The third kappa shape index (κ3) is 3.49. The second-order valence-corrected chi connectivity index (χ2v) is 5.93. The Morgan fingerprint density at radius 2 is 1.86 bits per heavy atom. The van der Waals surface area contributed by atoms with Gasteiger partial charge in [0, 0.05) is 6.07 Å². The zero-order valence-corrected chi connectivity index (χ0v) is 11.6. The van der Waals surface area contributed by atoms with E-state index in [1.165, 1.54) is 30.3 Å². The SMILES string of the molecule is N#CCc1ccc(S(=O)(=O)Nc2ccc(O)cc2F)cc1. The lowest BCUT2D eigenvalue weighted by molar-refractivity contribution is 0.469. The molecule has 7 heteroatoms. The molecular formula is C14H11FN2O3S. The number of hydrogen-bond donors (Lipinski definition) is 2. The van der Waals surface area contributed by atoms with Gasteiger partial charge in [0.1, 0.15) is 5.75 Å². The molecule has 0 saturated carbocycles. The monoisotopic (exact) mass is 306 g/mol. The van der Waals surface area contributed by atoms with E-state index >= 15 is 0 Å². The first-order chi connectivity index (χ1) is 9.92. The van der Waals surface area contributed by atoms with Crippen LogP contribution in [0.25, 0.3) is 0 Å². The fraction of sp³-hybridized carbons (Fsp3) is 0.0714. The Bertz CT molecular complexity index is 796. The summed E-state index contributed by atoms with van der Waals surface area (Å²) in [4.78, 5) is -0.0448. The maximum atomic E-state index is 13.5. The molecule has 0 radical (unpaired) electrons. The summed E-state index contributed by atoms with van der Waals surface area (Å²) in [5.41, 5.74) is 0.432. The maximum Gasteiger partial charge on any atom is 0.261 e. The fourth-order valence-corrected chi connectivity index (χ4v) is 2.74. The van der Waals surface area contributed by atoms with Gasteiger partial charge in [0.25, 0.3) is 10.0 Å². The molecule has 21 heavy (non-hydrogen) atoms. The van der Waals surface area contributed by atoms with Crippen LogP contribution in [0.5, 0.6) is 5.75 Å². The van der Waals surface area contributed by atoms with E-state index in [4.69, 9.17) is 10.4 Å². The minimum absolute atomic E-state index is 0.0448. The molecule has 0 aliphatic heterocycles. The highest BCUT2D eigenvalue weighted by Crippen LogP contribution is 2.22. The average Bonchev–Trinajstić information content (AvgIpc) is 2.43. The van der Waals surface area contributed by atoms with Crippen LogP contribution in [0.4, 0.5) is 10.1 Å². The highest BCUT2D eigenvalue weighted by Gasteiger charge is 2.16. The normalized spacial score (nSPS) is 10.9. The number of phenolic OH excluding ortho intramolecular Hbond substituents is 1. The number of anilines is 1. The molecule has 108 valence electrons. The molecule has 0 bridgehead atoms. The van der Waals surface area contributed by atoms with Crippen LogP contribution in [0.15, 0.2) is 47.4 Å². The number of nitrogens with zero attached hydrogens (tertiary/aromatic N) is 1. The summed E-state index contributed by atoms with van der Waals surface area (Å²) >= 11 is 0. The van der Waals surface area contributed by atoms with Gasteiger partial charge in [-0.15, -0.1) is 0 Å². The van der Waals surface area contributed by atoms with Crippen molar-refractivity contribution in [3.05, 3.63) is 53.8 Å². The van der Waals surface area contributed by atoms with Gasteiger partial charge >= 0.3 is 0 Å². The second kappa shape index (κ2) is 5.81. The van der Waals surface area contributed by atoms with Crippen molar-refractivity contribution in [3.8, 4) is 11.8 Å². The van der Waals surface area contributed by atoms with Crippen LogP contribution in [0.2, 0.25) is 0 Å². The number of phenols is 1. The van der Waals surface area contributed by atoms with Crippen LogP contribution in [0.3, 0.4) is 0 Å². The number of sulfonamides is 1. The summed E-state index contributed by atoms with van der Waals surface area (Å²) in [5.74, 6) is -1.17. The van der Waals surface area contributed by atoms with Gasteiger partial charge in [0.2, 0.25) is 0 Å². The standard InChI is InChI=1S/C14H11FN2O3S/c15-13-9-11(18)3-6-14(13)17-21(19,20)12-4-1-10(2-5-12)7-8-16/h1-6,9,17-18H,7H2. The smallest absolute Gasteiger partial charge is 0.261 e. The molecule has 5 nitrogen and oxygen atoms in total. The largest absolute Gasteiger partial charge is 0.508 e. The summed E-state index contributed by atoms with van der Waals surface area (Å²) in [7, 11) is -3.93. The van der Waals surface area contributed by atoms with Crippen molar-refractivity contribution in [2.75, 3.05) is 4.72 Å². The van der Waals surface area contributed by atoms with Gasteiger partial charge in [-0.3, -0.25) is 4.72 Å². The Labute approximate surface area is 121 Å². The van der Waals surface area contributed by atoms with Crippen LogP contribution in [0.1, 0.15) is 5.56 Å². The van der Waals surface area contributed by atoms with Gasteiger partial charge in [0.05, 0.1) is 23.1 Å². The Balaban J connectivity index is 2.27. The summed E-state index contributed by atoms with van der Waals surface area (Å²) in [6.07, 6.45) is 0.181. The van der Waals surface area contributed by atoms with Crippen molar-refractivity contribution in [1.82, 2.24) is 0 Å². The van der Waals surface area contributed by atoms with Crippen molar-refractivity contribution in [2.24, 2.45) is 0 Å². The molecule has 0 saturated heterocycles. The van der Waals surface area contributed by atoms with E-state index in [2.05, 4.69) is 4.72 Å². The molecule has 0 fully saturated rings. The topological polar surface area (TPSA) is 90.2 Å². The van der Waals surface area contributed by atoms with Crippen LogP contribution >= 0.6 is 0 Å². The van der Waals surface area contributed by atoms with E-state index in [0.717, 1.165) is 12.1 Å². The molecule has 0 amide bonds. The lowest BCUT2D eigenvalue weighted by Crippen LogP contribution is -2.13. The van der Waals surface area contributed by atoms with E-state index < -0.39 is 15.8 Å². The Morgan fingerprint density at radius 1 is 1.19 bits per heavy atom. The Morgan fingerprint density at radius 3 is 2.43 bits per heavy atom. The number of rotatable bonds is 4. The van der Waals surface area contributed by atoms with E-state index in [0.29, 0.717) is 5.56 Å². The molecule has 0 aromatic heterocycles. The summed E-state index contributed by atoms with van der Waals surface area (Å²) in [6.45, 7) is 0. The first kappa shape index (κ1) is 14.8. The minimum atomic E-state index is -3.93. The van der Waals surface area contributed by atoms with E-state index in [9.17, 15) is 12.8 Å². The number of halogens is 1. The quantitative estimate of drug-likeness (QED) is 0.849. The molecule has 0 aliphatic carbocycles. The molecule has 2 aromatic carbocycles. The highest BCUT2D eigenvalue weighted by molar-refractivity contribution is 7.92. The third-order valence-electron chi connectivity index (χ3n) is 2.71.